The highest BCUT2D eigenvalue weighted by molar-refractivity contribution is 9.10. The molecule has 1 aromatic heterocycles. The molecule has 1 saturated carbocycles. The molecule has 0 N–H and O–H groups in total. The van der Waals surface area contributed by atoms with Crippen molar-refractivity contribution in [3.8, 4) is 0 Å². The van der Waals surface area contributed by atoms with Gasteiger partial charge in [0.15, 0.2) is 5.49 Å². The number of rotatable bonds is 3. The maximum absolute atomic E-state index is 14.2. The summed E-state index contributed by atoms with van der Waals surface area (Å²) < 4.78 is 18.6. The molecule has 0 aliphatic heterocycles. The maximum Gasteiger partial charge on any atom is 0.282 e. The lowest BCUT2D eigenvalue weighted by Crippen LogP contribution is -2.26. The second-order valence-electron chi connectivity index (χ2n) is 7.71. The van der Waals surface area contributed by atoms with Gasteiger partial charge in [-0.2, -0.15) is 4.99 Å². The van der Waals surface area contributed by atoms with Gasteiger partial charge in [-0.1, -0.05) is 26.8 Å². The summed E-state index contributed by atoms with van der Waals surface area (Å²) in [6.07, 6.45) is 2.41. The molecule has 1 aliphatic carbocycles. The summed E-state index contributed by atoms with van der Waals surface area (Å²) in [7, 11) is 1.99. The van der Waals surface area contributed by atoms with E-state index < -0.39 is 11.7 Å². The first kappa shape index (κ1) is 18.1. The van der Waals surface area contributed by atoms with Gasteiger partial charge in [-0.05, 0) is 46.8 Å². The van der Waals surface area contributed by atoms with E-state index in [-0.39, 0.29) is 15.5 Å². The molecule has 0 atom stereocenters. The van der Waals surface area contributed by atoms with E-state index in [0.29, 0.717) is 11.4 Å². The number of halogens is 2. The van der Waals surface area contributed by atoms with Gasteiger partial charge in [-0.25, -0.2) is 4.39 Å². The van der Waals surface area contributed by atoms with Crippen LogP contribution in [0.5, 0.6) is 0 Å². The molecule has 0 spiro atoms. The van der Waals surface area contributed by atoms with Crippen molar-refractivity contribution >= 4 is 21.8 Å². The van der Waals surface area contributed by atoms with E-state index >= 15 is 0 Å². The first-order valence-corrected chi connectivity index (χ1v) is 9.28. The SMILES string of the molecule is Cn1c(C(C)(C)C)c/c(=N\C(=O)c2cccc(Br)c2F)n1CC1CC1. The summed E-state index contributed by atoms with van der Waals surface area (Å²) in [6, 6.07) is 6.61. The monoisotopic (exact) mass is 407 g/mol. The molecule has 0 unspecified atom stereocenters. The average Bonchev–Trinajstić information content (AvgIpc) is 3.28. The Balaban J connectivity index is 2.09. The standard InChI is InChI=1S/C19H23BrFN3O/c1-19(2,3)15-10-16(24(23(15)4)11-12-8-9-12)22-18(25)13-6-5-7-14(20)17(13)21/h5-7,10,12H,8-9,11H2,1-4H3/b22-16+. The molecule has 1 amide bonds. The van der Waals surface area contributed by atoms with E-state index in [1.165, 1.54) is 18.9 Å². The molecule has 3 rings (SSSR count). The summed E-state index contributed by atoms with van der Waals surface area (Å²) >= 11 is 3.12. The molecular formula is C19H23BrFN3O. The van der Waals surface area contributed by atoms with E-state index in [0.717, 1.165) is 12.2 Å². The largest absolute Gasteiger partial charge is 0.291 e. The number of amides is 1. The molecule has 6 heteroatoms. The van der Waals surface area contributed by atoms with Crippen LogP contribution in [0.4, 0.5) is 4.39 Å². The summed E-state index contributed by atoms with van der Waals surface area (Å²) in [5, 5.41) is 0. The molecule has 1 aromatic carbocycles. The van der Waals surface area contributed by atoms with Crippen molar-refractivity contribution in [3.05, 3.63) is 51.3 Å². The van der Waals surface area contributed by atoms with Crippen LogP contribution in [-0.4, -0.2) is 15.3 Å². The number of carbonyl (C=O) groups excluding carboxylic acids is 1. The van der Waals surface area contributed by atoms with Gasteiger partial charge in [0.1, 0.15) is 5.82 Å². The van der Waals surface area contributed by atoms with Gasteiger partial charge in [0.05, 0.1) is 10.0 Å². The molecule has 0 bridgehead atoms. The number of hydrogen-bond acceptors (Lipinski definition) is 1. The van der Waals surface area contributed by atoms with Crippen LogP contribution < -0.4 is 5.49 Å². The fourth-order valence-electron chi connectivity index (χ4n) is 2.96. The van der Waals surface area contributed by atoms with E-state index in [4.69, 9.17) is 0 Å². The van der Waals surface area contributed by atoms with Crippen LogP contribution in [0.1, 0.15) is 49.7 Å². The zero-order valence-corrected chi connectivity index (χ0v) is 16.6. The second kappa shape index (κ2) is 6.56. The third-order valence-corrected chi connectivity index (χ3v) is 5.15. The van der Waals surface area contributed by atoms with Crippen molar-refractivity contribution in [1.82, 2.24) is 9.36 Å². The van der Waals surface area contributed by atoms with Crippen LogP contribution in [0.25, 0.3) is 0 Å². The summed E-state index contributed by atoms with van der Waals surface area (Å²) in [5.41, 5.74) is 1.59. The average molecular weight is 408 g/mol. The molecule has 0 saturated heterocycles. The predicted molar refractivity (Wildman–Crippen MR) is 98.8 cm³/mol. The molecule has 134 valence electrons. The quantitative estimate of drug-likeness (QED) is 0.751. The minimum absolute atomic E-state index is 0.0199. The zero-order valence-electron chi connectivity index (χ0n) is 15.0. The summed E-state index contributed by atoms with van der Waals surface area (Å²) in [4.78, 5) is 16.8. The van der Waals surface area contributed by atoms with Gasteiger partial charge in [-0.3, -0.25) is 14.2 Å². The van der Waals surface area contributed by atoms with Crippen molar-refractivity contribution in [1.29, 1.82) is 0 Å². The number of carbonyl (C=O) groups is 1. The molecular weight excluding hydrogens is 385 g/mol. The van der Waals surface area contributed by atoms with Crippen LogP contribution in [0.2, 0.25) is 0 Å². The predicted octanol–water partition coefficient (Wildman–Crippen LogP) is 4.18. The zero-order chi connectivity index (χ0) is 18.4. The molecule has 1 aliphatic rings. The third kappa shape index (κ3) is 3.78. The normalized spacial score (nSPS) is 15.7. The Hall–Kier alpha value is -1.69. The second-order valence-corrected chi connectivity index (χ2v) is 8.56. The van der Waals surface area contributed by atoms with Gasteiger partial charge >= 0.3 is 0 Å². The smallest absolute Gasteiger partial charge is 0.282 e. The van der Waals surface area contributed by atoms with Crippen molar-refractivity contribution in [2.75, 3.05) is 0 Å². The van der Waals surface area contributed by atoms with Crippen LogP contribution >= 0.6 is 15.9 Å². The Kier molecular flexibility index (Phi) is 4.75. The highest BCUT2D eigenvalue weighted by Gasteiger charge is 2.26. The molecule has 2 aromatic rings. The van der Waals surface area contributed by atoms with Crippen LogP contribution in [0, 0.1) is 11.7 Å². The van der Waals surface area contributed by atoms with Gasteiger partial charge in [-0.15, -0.1) is 0 Å². The van der Waals surface area contributed by atoms with Crippen molar-refractivity contribution in [3.63, 3.8) is 0 Å². The van der Waals surface area contributed by atoms with Crippen LogP contribution in [0.15, 0.2) is 33.7 Å². The Morgan fingerprint density at radius 2 is 2.04 bits per heavy atom. The third-order valence-electron chi connectivity index (χ3n) is 4.54. The minimum Gasteiger partial charge on any atom is -0.291 e. The van der Waals surface area contributed by atoms with Gasteiger partial charge in [0.25, 0.3) is 5.91 Å². The Bertz CT molecular complexity index is 885. The lowest BCUT2D eigenvalue weighted by atomic mass is 9.92. The highest BCUT2D eigenvalue weighted by atomic mass is 79.9. The van der Waals surface area contributed by atoms with Crippen molar-refractivity contribution < 1.29 is 9.18 Å². The van der Waals surface area contributed by atoms with Gasteiger partial charge in [0, 0.05) is 30.8 Å². The van der Waals surface area contributed by atoms with Crippen molar-refractivity contribution in [2.45, 2.75) is 45.6 Å². The Morgan fingerprint density at radius 1 is 1.36 bits per heavy atom. The summed E-state index contributed by atoms with van der Waals surface area (Å²) in [6.45, 7) is 7.22. The highest BCUT2D eigenvalue weighted by Crippen LogP contribution is 2.30. The van der Waals surface area contributed by atoms with E-state index in [1.807, 2.05) is 17.8 Å². The maximum atomic E-state index is 14.2. The lowest BCUT2D eigenvalue weighted by Gasteiger charge is -2.20. The van der Waals surface area contributed by atoms with Gasteiger partial charge in [0.2, 0.25) is 0 Å². The van der Waals surface area contributed by atoms with Crippen LogP contribution in [0.3, 0.4) is 0 Å². The molecule has 1 heterocycles. The van der Waals surface area contributed by atoms with Gasteiger partial charge < -0.3 is 0 Å². The molecule has 4 nitrogen and oxygen atoms in total. The summed E-state index contributed by atoms with van der Waals surface area (Å²) in [5.74, 6) is -0.496. The number of aromatic nitrogens is 2. The first-order valence-electron chi connectivity index (χ1n) is 8.49. The van der Waals surface area contributed by atoms with E-state index in [1.54, 1.807) is 12.1 Å². The number of benzene rings is 1. The topological polar surface area (TPSA) is 39.3 Å². The van der Waals surface area contributed by atoms with Crippen LogP contribution in [-0.2, 0) is 19.0 Å². The van der Waals surface area contributed by atoms with E-state index in [9.17, 15) is 9.18 Å². The Labute approximate surface area is 155 Å². The lowest BCUT2D eigenvalue weighted by molar-refractivity contribution is 0.0992. The first-order chi connectivity index (χ1) is 11.7. The number of nitrogens with zero attached hydrogens (tertiary/aromatic N) is 3. The van der Waals surface area contributed by atoms with Crippen molar-refractivity contribution in [2.24, 2.45) is 18.0 Å². The fourth-order valence-corrected chi connectivity index (χ4v) is 3.33. The molecule has 0 radical (unpaired) electrons. The Morgan fingerprint density at radius 3 is 2.64 bits per heavy atom. The fraction of sp³-hybridized carbons (Fsp3) is 0.474. The number of hydrogen-bond donors (Lipinski definition) is 0. The molecule has 1 fully saturated rings. The molecule has 25 heavy (non-hydrogen) atoms. The minimum atomic E-state index is -0.572. The van der Waals surface area contributed by atoms with E-state index in [2.05, 4.69) is 46.4 Å².